The molecule has 0 unspecified atom stereocenters. The molecule has 10 nitrogen and oxygen atoms in total. The van der Waals surface area contributed by atoms with Crippen molar-refractivity contribution in [2.24, 2.45) is 0 Å². The first-order valence-electron chi connectivity index (χ1n) is 12.1. The molecule has 0 atom stereocenters. The molecule has 2 aliphatic heterocycles. The van der Waals surface area contributed by atoms with Crippen LogP contribution in [0.1, 0.15) is 24.6 Å². The highest BCUT2D eigenvalue weighted by atomic mass is 16.5. The van der Waals surface area contributed by atoms with Gasteiger partial charge in [-0.15, -0.1) is 0 Å². The quantitative estimate of drug-likeness (QED) is 0.562. The van der Waals surface area contributed by atoms with Gasteiger partial charge in [-0.3, -0.25) is 0 Å². The fraction of sp³-hybridized carbons (Fsp3) is 0.400. The topological polar surface area (TPSA) is 108 Å². The fourth-order valence-electron chi connectivity index (χ4n) is 4.32. The summed E-state index contributed by atoms with van der Waals surface area (Å²) in [7, 11) is 0. The van der Waals surface area contributed by atoms with E-state index in [1.54, 1.807) is 12.4 Å². The molecule has 35 heavy (non-hydrogen) atoms. The lowest BCUT2D eigenvalue weighted by Gasteiger charge is -2.34. The van der Waals surface area contributed by atoms with Crippen molar-refractivity contribution in [1.29, 1.82) is 0 Å². The molecule has 0 radical (unpaired) electrons. The number of hydrogen-bond acceptors (Lipinski definition) is 8. The van der Waals surface area contributed by atoms with Gasteiger partial charge in [-0.1, -0.05) is 6.92 Å². The zero-order valence-corrected chi connectivity index (χ0v) is 19.9. The summed E-state index contributed by atoms with van der Waals surface area (Å²) in [6.45, 7) is 7.11. The molecule has 0 bridgehead atoms. The zero-order valence-electron chi connectivity index (χ0n) is 19.9. The zero-order chi connectivity index (χ0) is 24.0. The normalized spacial score (nSPS) is 15.5. The van der Waals surface area contributed by atoms with E-state index in [0.717, 1.165) is 55.2 Å². The molecule has 1 saturated heterocycles. The molecule has 3 aromatic rings. The highest BCUT2D eigenvalue weighted by Crippen LogP contribution is 2.31. The van der Waals surface area contributed by atoms with Gasteiger partial charge in [0.1, 0.15) is 5.82 Å². The van der Waals surface area contributed by atoms with Crippen LogP contribution in [0, 0.1) is 0 Å². The number of urea groups is 1. The molecule has 0 spiro atoms. The van der Waals surface area contributed by atoms with E-state index in [2.05, 4.69) is 30.4 Å². The van der Waals surface area contributed by atoms with Crippen molar-refractivity contribution in [3.8, 4) is 11.4 Å². The first kappa shape index (κ1) is 23.0. The van der Waals surface area contributed by atoms with Crippen LogP contribution in [0.4, 0.5) is 22.2 Å². The van der Waals surface area contributed by atoms with Gasteiger partial charge in [-0.25, -0.2) is 24.7 Å². The molecule has 1 fully saturated rings. The number of nitrogens with one attached hydrogen (secondary N) is 2. The number of carbonyl (C=O) groups excluding carboxylic acids is 1. The maximum absolute atomic E-state index is 12.0. The van der Waals surface area contributed by atoms with Crippen LogP contribution in [0.15, 0.2) is 42.7 Å². The maximum atomic E-state index is 12.0. The fourth-order valence-corrected chi connectivity index (χ4v) is 4.32. The summed E-state index contributed by atoms with van der Waals surface area (Å²) in [5.41, 5.74) is 3.81. The second kappa shape index (κ2) is 10.6. The Balaban J connectivity index is 1.44. The molecule has 5 rings (SSSR count). The first-order chi connectivity index (χ1) is 17.2. The highest BCUT2D eigenvalue weighted by molar-refractivity contribution is 5.89. The van der Waals surface area contributed by atoms with Gasteiger partial charge >= 0.3 is 6.03 Å². The van der Waals surface area contributed by atoms with E-state index in [0.29, 0.717) is 38.1 Å². The maximum Gasteiger partial charge on any atom is 0.319 e. The molecule has 2 amide bonds. The van der Waals surface area contributed by atoms with Gasteiger partial charge in [0.25, 0.3) is 0 Å². The lowest BCUT2D eigenvalue weighted by Crippen LogP contribution is -2.39. The van der Waals surface area contributed by atoms with Crippen LogP contribution in [-0.2, 0) is 17.7 Å². The number of nitrogens with zero attached hydrogens (tertiary/aromatic N) is 6. The van der Waals surface area contributed by atoms with Crippen molar-refractivity contribution in [2.45, 2.75) is 26.3 Å². The van der Waals surface area contributed by atoms with Crippen LogP contribution >= 0.6 is 0 Å². The molecular formula is C25H30N8O2. The minimum atomic E-state index is -0.206. The number of morpholine rings is 1. The predicted molar refractivity (Wildman–Crippen MR) is 135 cm³/mol. The van der Waals surface area contributed by atoms with Crippen LogP contribution in [-0.4, -0.2) is 65.4 Å². The average molecular weight is 475 g/mol. The SMILES string of the molecule is CCCNC(=O)Nc1ccc(-c2nc3c(c(N4CCOCC4)n2)CCN(c2ncccn2)C3)cc1. The van der Waals surface area contributed by atoms with Gasteiger partial charge in [0.2, 0.25) is 5.95 Å². The molecule has 0 saturated carbocycles. The third-order valence-electron chi connectivity index (χ3n) is 6.13. The Bertz CT molecular complexity index is 1150. The van der Waals surface area contributed by atoms with E-state index in [1.807, 2.05) is 37.3 Å². The summed E-state index contributed by atoms with van der Waals surface area (Å²) in [5.74, 6) is 2.37. The van der Waals surface area contributed by atoms with Gasteiger partial charge in [-0.2, -0.15) is 0 Å². The van der Waals surface area contributed by atoms with E-state index in [1.165, 1.54) is 5.56 Å². The van der Waals surface area contributed by atoms with E-state index >= 15 is 0 Å². The van der Waals surface area contributed by atoms with Gasteiger partial charge in [0.15, 0.2) is 5.82 Å². The molecule has 10 heteroatoms. The number of hydrogen-bond donors (Lipinski definition) is 2. The predicted octanol–water partition coefficient (Wildman–Crippen LogP) is 2.86. The Hall–Kier alpha value is -3.79. The molecule has 182 valence electrons. The summed E-state index contributed by atoms with van der Waals surface area (Å²) >= 11 is 0. The van der Waals surface area contributed by atoms with Crippen molar-refractivity contribution in [3.05, 3.63) is 54.0 Å². The molecule has 1 aromatic carbocycles. The standard InChI is InChI=1S/C25H30N8O2/c1-2-9-28-25(34)29-19-6-4-18(5-7-19)22-30-21-17-33(24-26-10-3-11-27-24)12-8-20(21)23(31-22)32-13-15-35-16-14-32/h3-7,10-11H,2,8-9,12-17H2,1H3,(H2,28,29,34). The van der Waals surface area contributed by atoms with Gasteiger partial charge in [-0.05, 0) is 43.2 Å². The third kappa shape index (κ3) is 5.32. The van der Waals surface area contributed by atoms with E-state index < -0.39 is 0 Å². The van der Waals surface area contributed by atoms with Crippen molar-refractivity contribution >= 4 is 23.5 Å². The Morgan fingerprint density at radius 3 is 2.54 bits per heavy atom. The van der Waals surface area contributed by atoms with Crippen LogP contribution in [0.2, 0.25) is 0 Å². The second-order valence-electron chi connectivity index (χ2n) is 8.57. The van der Waals surface area contributed by atoms with Crippen LogP contribution in [0.3, 0.4) is 0 Å². The molecule has 2 aromatic heterocycles. The van der Waals surface area contributed by atoms with E-state index in [-0.39, 0.29) is 6.03 Å². The minimum Gasteiger partial charge on any atom is -0.378 e. The van der Waals surface area contributed by atoms with E-state index in [4.69, 9.17) is 14.7 Å². The Labute approximate surface area is 204 Å². The van der Waals surface area contributed by atoms with E-state index in [9.17, 15) is 4.79 Å². The van der Waals surface area contributed by atoms with Crippen molar-refractivity contribution in [3.63, 3.8) is 0 Å². The number of aromatic nitrogens is 4. The number of carbonyl (C=O) groups is 1. The number of ether oxygens (including phenoxy) is 1. The lowest BCUT2D eigenvalue weighted by molar-refractivity contribution is 0.122. The number of fused-ring (bicyclic) bond motifs is 1. The third-order valence-corrected chi connectivity index (χ3v) is 6.13. The van der Waals surface area contributed by atoms with Gasteiger partial charge in [0.05, 0.1) is 25.5 Å². The molecular weight excluding hydrogens is 444 g/mol. The summed E-state index contributed by atoms with van der Waals surface area (Å²) in [6, 6.07) is 9.26. The first-order valence-corrected chi connectivity index (χ1v) is 12.1. The number of rotatable bonds is 6. The Morgan fingerprint density at radius 2 is 1.80 bits per heavy atom. The Kier molecular flexibility index (Phi) is 6.99. The number of benzene rings is 1. The molecule has 2 N–H and O–H groups in total. The van der Waals surface area contributed by atoms with Crippen LogP contribution < -0.4 is 20.4 Å². The average Bonchev–Trinajstić information content (AvgIpc) is 2.92. The summed E-state index contributed by atoms with van der Waals surface area (Å²) in [4.78, 5) is 35.3. The number of anilines is 3. The Morgan fingerprint density at radius 1 is 1.03 bits per heavy atom. The molecule has 4 heterocycles. The van der Waals surface area contributed by atoms with Crippen molar-refractivity contribution < 1.29 is 9.53 Å². The summed E-state index contributed by atoms with van der Waals surface area (Å²) in [5, 5.41) is 5.68. The van der Waals surface area contributed by atoms with Crippen LogP contribution in [0.5, 0.6) is 0 Å². The lowest BCUT2D eigenvalue weighted by atomic mass is 10.0. The minimum absolute atomic E-state index is 0.206. The molecule has 2 aliphatic rings. The molecule has 0 aliphatic carbocycles. The number of amides is 2. The van der Waals surface area contributed by atoms with Gasteiger partial charge in [0, 0.05) is 55.4 Å². The summed E-state index contributed by atoms with van der Waals surface area (Å²) in [6.07, 6.45) is 5.25. The monoisotopic (exact) mass is 474 g/mol. The highest BCUT2D eigenvalue weighted by Gasteiger charge is 2.27. The van der Waals surface area contributed by atoms with Crippen molar-refractivity contribution in [1.82, 2.24) is 25.3 Å². The van der Waals surface area contributed by atoms with Crippen LogP contribution in [0.25, 0.3) is 11.4 Å². The van der Waals surface area contributed by atoms with Gasteiger partial charge < -0.3 is 25.2 Å². The van der Waals surface area contributed by atoms with Crippen molar-refractivity contribution in [2.75, 3.05) is 54.5 Å². The smallest absolute Gasteiger partial charge is 0.319 e. The summed E-state index contributed by atoms with van der Waals surface area (Å²) < 4.78 is 5.57. The second-order valence-corrected chi connectivity index (χ2v) is 8.57. The largest absolute Gasteiger partial charge is 0.378 e.